The Balaban J connectivity index is 2.17. The molecule has 2 aromatic rings. The summed E-state index contributed by atoms with van der Waals surface area (Å²) in [6, 6.07) is 16.0. The molecule has 0 spiro atoms. The first-order chi connectivity index (χ1) is 10.1. The van der Waals surface area contributed by atoms with Gasteiger partial charge in [-0.2, -0.15) is 10.2 Å². The average molecular weight is 392 g/mol. The van der Waals surface area contributed by atoms with E-state index in [1.807, 2.05) is 38.1 Å². The molecule has 2 rings (SSSR count). The number of halogens is 1. The van der Waals surface area contributed by atoms with Gasteiger partial charge in [0.1, 0.15) is 5.75 Å². The fourth-order valence-corrected chi connectivity index (χ4v) is 2.15. The molecule has 2 aromatic carbocycles. The van der Waals surface area contributed by atoms with Crippen molar-refractivity contribution in [3.8, 4) is 5.75 Å². The number of methoxy groups -OCH3 is 1. The van der Waals surface area contributed by atoms with E-state index in [-0.39, 0.29) is 0 Å². The van der Waals surface area contributed by atoms with E-state index in [1.54, 1.807) is 7.11 Å². The molecular weight excluding hydrogens is 375 g/mol. The van der Waals surface area contributed by atoms with Crippen molar-refractivity contribution in [1.82, 2.24) is 0 Å². The Morgan fingerprint density at radius 2 is 1.24 bits per heavy atom. The van der Waals surface area contributed by atoms with E-state index in [0.717, 1.165) is 28.3 Å². The molecular formula is C17H17IN2O. The quantitative estimate of drug-likeness (QED) is 0.428. The first-order valence-electron chi connectivity index (χ1n) is 6.59. The Bertz CT molecular complexity index is 658. The Morgan fingerprint density at radius 1 is 0.810 bits per heavy atom. The summed E-state index contributed by atoms with van der Waals surface area (Å²) in [6.07, 6.45) is 0. The lowest BCUT2D eigenvalue weighted by Gasteiger charge is -2.02. The minimum absolute atomic E-state index is 0.838. The molecule has 3 nitrogen and oxygen atoms in total. The SMILES string of the molecule is COc1ccc(/C(C)=N/N=C(\C)c2ccc(I)cc2)cc1. The highest BCUT2D eigenvalue weighted by atomic mass is 127. The summed E-state index contributed by atoms with van der Waals surface area (Å²) in [4.78, 5) is 0. The van der Waals surface area contributed by atoms with Gasteiger partial charge < -0.3 is 4.74 Å². The van der Waals surface area contributed by atoms with Crippen LogP contribution in [0.3, 0.4) is 0 Å². The fourth-order valence-electron chi connectivity index (χ4n) is 1.79. The van der Waals surface area contributed by atoms with Gasteiger partial charge in [0.05, 0.1) is 18.5 Å². The molecule has 0 saturated heterocycles. The van der Waals surface area contributed by atoms with Crippen molar-refractivity contribution >= 4 is 34.0 Å². The largest absolute Gasteiger partial charge is 0.497 e. The lowest BCUT2D eigenvalue weighted by Crippen LogP contribution is -1.97. The van der Waals surface area contributed by atoms with Crippen molar-refractivity contribution in [2.45, 2.75) is 13.8 Å². The minimum Gasteiger partial charge on any atom is -0.497 e. The van der Waals surface area contributed by atoms with Gasteiger partial charge in [-0.15, -0.1) is 0 Å². The number of ether oxygens (including phenoxy) is 1. The van der Waals surface area contributed by atoms with E-state index >= 15 is 0 Å². The topological polar surface area (TPSA) is 34.0 Å². The van der Waals surface area contributed by atoms with E-state index < -0.39 is 0 Å². The second-order valence-corrected chi connectivity index (χ2v) is 5.85. The van der Waals surface area contributed by atoms with E-state index in [2.05, 4.69) is 57.1 Å². The molecule has 0 heterocycles. The Kier molecular flexibility index (Phi) is 5.50. The molecule has 0 atom stereocenters. The lowest BCUT2D eigenvalue weighted by atomic mass is 10.1. The Labute approximate surface area is 138 Å². The predicted molar refractivity (Wildman–Crippen MR) is 96.6 cm³/mol. The van der Waals surface area contributed by atoms with Crippen molar-refractivity contribution in [2.75, 3.05) is 7.11 Å². The van der Waals surface area contributed by atoms with Crippen molar-refractivity contribution in [2.24, 2.45) is 10.2 Å². The van der Waals surface area contributed by atoms with E-state index in [4.69, 9.17) is 4.74 Å². The molecule has 0 fully saturated rings. The van der Waals surface area contributed by atoms with Crippen molar-refractivity contribution < 1.29 is 4.74 Å². The Morgan fingerprint density at radius 3 is 1.67 bits per heavy atom. The summed E-state index contributed by atoms with van der Waals surface area (Å²) >= 11 is 2.29. The van der Waals surface area contributed by atoms with Crippen LogP contribution in [0, 0.1) is 3.57 Å². The minimum atomic E-state index is 0.838. The summed E-state index contributed by atoms with van der Waals surface area (Å²) < 4.78 is 6.36. The van der Waals surface area contributed by atoms with Crippen LogP contribution < -0.4 is 4.74 Å². The van der Waals surface area contributed by atoms with Gasteiger partial charge in [-0.3, -0.25) is 0 Å². The van der Waals surface area contributed by atoms with Crippen molar-refractivity contribution in [3.05, 3.63) is 63.2 Å². The van der Waals surface area contributed by atoms with E-state index in [9.17, 15) is 0 Å². The summed E-state index contributed by atoms with van der Waals surface area (Å²) in [5, 5.41) is 8.62. The van der Waals surface area contributed by atoms with Crippen LogP contribution in [0.2, 0.25) is 0 Å². The zero-order valence-corrected chi connectivity index (χ0v) is 14.5. The van der Waals surface area contributed by atoms with Crippen molar-refractivity contribution in [3.63, 3.8) is 0 Å². The maximum absolute atomic E-state index is 5.15. The molecule has 0 unspecified atom stereocenters. The second-order valence-electron chi connectivity index (χ2n) is 4.61. The highest BCUT2D eigenvalue weighted by Crippen LogP contribution is 2.12. The fraction of sp³-hybridized carbons (Fsp3) is 0.176. The van der Waals surface area contributed by atoms with Gasteiger partial charge in [0.25, 0.3) is 0 Å². The highest BCUT2D eigenvalue weighted by Gasteiger charge is 1.99. The summed E-state index contributed by atoms with van der Waals surface area (Å²) in [7, 11) is 1.66. The van der Waals surface area contributed by atoms with Gasteiger partial charge in [0.2, 0.25) is 0 Å². The van der Waals surface area contributed by atoms with E-state index in [1.165, 1.54) is 3.57 Å². The molecule has 0 radical (unpaired) electrons. The van der Waals surface area contributed by atoms with Crippen LogP contribution in [0.1, 0.15) is 25.0 Å². The predicted octanol–water partition coefficient (Wildman–Crippen LogP) is 4.53. The number of rotatable bonds is 4. The molecule has 0 amide bonds. The van der Waals surface area contributed by atoms with Crippen LogP contribution >= 0.6 is 22.6 Å². The second kappa shape index (κ2) is 7.36. The monoisotopic (exact) mass is 392 g/mol. The maximum Gasteiger partial charge on any atom is 0.118 e. The third-order valence-corrected chi connectivity index (χ3v) is 3.84. The molecule has 0 saturated carbocycles. The normalized spacial score (nSPS) is 12.4. The highest BCUT2D eigenvalue weighted by molar-refractivity contribution is 14.1. The van der Waals surface area contributed by atoms with Crippen LogP contribution in [-0.2, 0) is 0 Å². The molecule has 4 heteroatoms. The van der Waals surface area contributed by atoms with Gasteiger partial charge in [-0.05, 0) is 84.0 Å². The zero-order valence-electron chi connectivity index (χ0n) is 12.3. The van der Waals surface area contributed by atoms with Gasteiger partial charge in [-0.25, -0.2) is 0 Å². The average Bonchev–Trinajstić information content (AvgIpc) is 2.53. The molecule has 0 bridgehead atoms. The van der Waals surface area contributed by atoms with Crippen LogP contribution in [0.25, 0.3) is 0 Å². The first-order valence-corrected chi connectivity index (χ1v) is 7.67. The number of benzene rings is 2. The molecule has 0 aliphatic heterocycles. The van der Waals surface area contributed by atoms with Crippen LogP contribution in [0.4, 0.5) is 0 Å². The molecule has 0 aliphatic carbocycles. The summed E-state index contributed by atoms with van der Waals surface area (Å²) in [5.74, 6) is 0.838. The smallest absolute Gasteiger partial charge is 0.118 e. The maximum atomic E-state index is 5.15. The van der Waals surface area contributed by atoms with Gasteiger partial charge in [0, 0.05) is 3.57 Å². The molecule has 0 aliphatic rings. The Hall–Kier alpha value is -1.69. The zero-order chi connectivity index (χ0) is 15.2. The first kappa shape index (κ1) is 15.7. The van der Waals surface area contributed by atoms with Crippen molar-refractivity contribution in [1.29, 1.82) is 0 Å². The molecule has 0 aromatic heterocycles. The molecule has 108 valence electrons. The number of hydrogen-bond acceptors (Lipinski definition) is 3. The van der Waals surface area contributed by atoms with Crippen LogP contribution in [0.15, 0.2) is 58.7 Å². The lowest BCUT2D eigenvalue weighted by molar-refractivity contribution is 0.415. The van der Waals surface area contributed by atoms with E-state index in [0.29, 0.717) is 0 Å². The summed E-state index contributed by atoms with van der Waals surface area (Å²) in [5.41, 5.74) is 3.90. The molecule has 0 N–H and O–H groups in total. The number of nitrogens with zero attached hydrogens (tertiary/aromatic N) is 2. The number of hydrogen-bond donors (Lipinski definition) is 0. The third-order valence-electron chi connectivity index (χ3n) is 3.12. The molecule has 21 heavy (non-hydrogen) atoms. The van der Waals surface area contributed by atoms with Gasteiger partial charge in [-0.1, -0.05) is 12.1 Å². The van der Waals surface area contributed by atoms with Crippen LogP contribution in [0.5, 0.6) is 5.75 Å². The van der Waals surface area contributed by atoms with Crippen LogP contribution in [-0.4, -0.2) is 18.5 Å². The standard InChI is InChI=1S/C17H17IN2O/c1-12(14-4-8-16(18)9-5-14)19-20-13(2)15-6-10-17(21-3)11-7-15/h4-11H,1-3H3/b19-12+,20-13+. The third kappa shape index (κ3) is 4.39. The van der Waals surface area contributed by atoms with Gasteiger partial charge >= 0.3 is 0 Å². The summed E-state index contributed by atoms with van der Waals surface area (Å²) in [6.45, 7) is 3.92. The van der Waals surface area contributed by atoms with Gasteiger partial charge in [0.15, 0.2) is 0 Å².